The normalized spacial score (nSPS) is 11.0. The third-order valence-electron chi connectivity index (χ3n) is 3.39. The van der Waals surface area contributed by atoms with E-state index < -0.39 is 0 Å². The maximum absolute atomic E-state index is 12.6. The number of fused-ring (bicyclic) bond motifs is 1. The molecule has 106 valence electrons. The second-order valence-corrected chi connectivity index (χ2v) is 5.91. The zero-order chi connectivity index (χ0) is 15.1. The van der Waals surface area contributed by atoms with E-state index >= 15 is 0 Å². The van der Waals surface area contributed by atoms with Crippen molar-refractivity contribution in [3.63, 3.8) is 0 Å². The summed E-state index contributed by atoms with van der Waals surface area (Å²) in [4.78, 5) is 12.6. The van der Waals surface area contributed by atoms with E-state index in [1.807, 2.05) is 32.0 Å². The second-order valence-electron chi connectivity index (χ2n) is 5.06. The molecule has 0 fully saturated rings. The van der Waals surface area contributed by atoms with Crippen LogP contribution in [0, 0.1) is 13.8 Å². The van der Waals surface area contributed by atoms with Gasteiger partial charge in [-0.3, -0.25) is 4.79 Å². The molecular weight excluding hydrogens is 307 g/mol. The van der Waals surface area contributed by atoms with Crippen LogP contribution in [0.15, 0.2) is 40.8 Å². The lowest BCUT2D eigenvalue weighted by atomic mass is 10.0. The van der Waals surface area contributed by atoms with Crippen LogP contribution >= 0.6 is 23.2 Å². The Bertz CT molecular complexity index is 863. The van der Waals surface area contributed by atoms with Gasteiger partial charge in [0.2, 0.25) is 5.78 Å². The highest BCUT2D eigenvalue weighted by Crippen LogP contribution is 2.31. The summed E-state index contributed by atoms with van der Waals surface area (Å²) < 4.78 is 5.62. The minimum atomic E-state index is -0.157. The zero-order valence-electron chi connectivity index (χ0n) is 11.5. The fourth-order valence-electron chi connectivity index (χ4n) is 2.39. The summed E-state index contributed by atoms with van der Waals surface area (Å²) in [6, 6.07) is 10.7. The maximum atomic E-state index is 12.6. The Morgan fingerprint density at radius 3 is 2.52 bits per heavy atom. The number of aryl methyl sites for hydroxylation is 2. The van der Waals surface area contributed by atoms with E-state index in [1.54, 1.807) is 18.2 Å². The third-order valence-corrected chi connectivity index (χ3v) is 3.89. The lowest BCUT2D eigenvalue weighted by Crippen LogP contribution is -2.02. The van der Waals surface area contributed by atoms with Gasteiger partial charge in [0, 0.05) is 16.0 Å². The number of hydrogen-bond donors (Lipinski definition) is 0. The smallest absolute Gasteiger partial charge is 0.228 e. The molecule has 1 aromatic heterocycles. The first-order chi connectivity index (χ1) is 9.95. The Balaban J connectivity index is 2.11. The summed E-state index contributed by atoms with van der Waals surface area (Å²) in [6.45, 7) is 3.90. The van der Waals surface area contributed by atoms with Crippen LogP contribution in [0.5, 0.6) is 0 Å². The molecule has 0 spiro atoms. The van der Waals surface area contributed by atoms with Crippen molar-refractivity contribution in [1.82, 2.24) is 0 Å². The number of carbonyl (C=O) groups is 1. The standard InChI is InChI=1S/C17H12Cl2O2/c1-9-3-4-13(10(2)5-9)16(20)15-7-11-6-12(18)8-14(19)17(11)21-15/h3-8H,1-2H3. The van der Waals surface area contributed by atoms with Gasteiger partial charge in [-0.25, -0.2) is 0 Å². The average Bonchev–Trinajstić information content (AvgIpc) is 2.82. The molecule has 0 bridgehead atoms. The molecule has 2 aromatic carbocycles. The minimum absolute atomic E-state index is 0.157. The van der Waals surface area contributed by atoms with Gasteiger partial charge in [0.1, 0.15) is 0 Å². The van der Waals surface area contributed by atoms with Gasteiger partial charge in [0.25, 0.3) is 0 Å². The molecule has 0 saturated heterocycles. The van der Waals surface area contributed by atoms with Crippen molar-refractivity contribution in [2.24, 2.45) is 0 Å². The first kappa shape index (κ1) is 14.2. The molecule has 0 unspecified atom stereocenters. The summed E-state index contributed by atoms with van der Waals surface area (Å²) >= 11 is 12.1. The number of rotatable bonds is 2. The first-order valence-electron chi connectivity index (χ1n) is 6.46. The monoisotopic (exact) mass is 318 g/mol. The van der Waals surface area contributed by atoms with E-state index in [2.05, 4.69) is 0 Å². The fourth-order valence-corrected chi connectivity index (χ4v) is 2.94. The van der Waals surface area contributed by atoms with Gasteiger partial charge in [-0.05, 0) is 37.6 Å². The van der Waals surface area contributed by atoms with Crippen molar-refractivity contribution in [2.75, 3.05) is 0 Å². The van der Waals surface area contributed by atoms with E-state index in [0.29, 0.717) is 21.2 Å². The average molecular weight is 319 g/mol. The van der Waals surface area contributed by atoms with Crippen LogP contribution in [0.25, 0.3) is 11.0 Å². The molecule has 0 aliphatic rings. The summed E-state index contributed by atoms with van der Waals surface area (Å²) in [5, 5.41) is 1.64. The molecular formula is C17H12Cl2O2. The van der Waals surface area contributed by atoms with E-state index in [1.165, 1.54) is 0 Å². The summed E-state index contributed by atoms with van der Waals surface area (Å²) in [6.07, 6.45) is 0. The molecule has 2 nitrogen and oxygen atoms in total. The molecule has 1 heterocycles. The largest absolute Gasteiger partial charge is 0.451 e. The summed E-state index contributed by atoms with van der Waals surface area (Å²) in [7, 11) is 0. The van der Waals surface area contributed by atoms with Gasteiger partial charge in [-0.2, -0.15) is 0 Å². The highest BCUT2D eigenvalue weighted by atomic mass is 35.5. The van der Waals surface area contributed by atoms with Crippen molar-refractivity contribution < 1.29 is 9.21 Å². The molecule has 0 atom stereocenters. The minimum Gasteiger partial charge on any atom is -0.451 e. The third kappa shape index (κ3) is 2.57. The van der Waals surface area contributed by atoms with Crippen molar-refractivity contribution in [1.29, 1.82) is 0 Å². The van der Waals surface area contributed by atoms with Gasteiger partial charge in [-0.1, -0.05) is 47.0 Å². The number of hydrogen-bond acceptors (Lipinski definition) is 2. The number of carbonyl (C=O) groups excluding carboxylic acids is 1. The number of ketones is 1. The molecule has 0 aliphatic heterocycles. The van der Waals surface area contributed by atoms with Crippen LogP contribution < -0.4 is 0 Å². The van der Waals surface area contributed by atoms with Gasteiger partial charge < -0.3 is 4.42 Å². The van der Waals surface area contributed by atoms with Crippen molar-refractivity contribution >= 4 is 40.0 Å². The second kappa shape index (κ2) is 5.21. The summed E-state index contributed by atoms with van der Waals surface area (Å²) in [5.74, 6) is 0.108. The topological polar surface area (TPSA) is 30.2 Å². The predicted molar refractivity (Wildman–Crippen MR) is 85.6 cm³/mol. The molecule has 4 heteroatoms. The van der Waals surface area contributed by atoms with Gasteiger partial charge in [-0.15, -0.1) is 0 Å². The molecule has 21 heavy (non-hydrogen) atoms. The van der Waals surface area contributed by atoms with Crippen LogP contribution in [0.4, 0.5) is 0 Å². The highest BCUT2D eigenvalue weighted by Gasteiger charge is 2.18. The first-order valence-corrected chi connectivity index (χ1v) is 7.22. The molecule has 3 aromatic rings. The molecule has 0 N–H and O–H groups in total. The van der Waals surface area contributed by atoms with E-state index in [9.17, 15) is 4.79 Å². The molecule has 0 amide bonds. The SMILES string of the molecule is Cc1ccc(C(=O)c2cc3cc(Cl)cc(Cl)c3o2)c(C)c1. The highest BCUT2D eigenvalue weighted by molar-refractivity contribution is 6.38. The van der Waals surface area contributed by atoms with Crippen LogP contribution in [0.2, 0.25) is 10.0 Å². The van der Waals surface area contributed by atoms with Crippen molar-refractivity contribution in [3.8, 4) is 0 Å². The van der Waals surface area contributed by atoms with Gasteiger partial charge >= 0.3 is 0 Å². The van der Waals surface area contributed by atoms with E-state index in [4.69, 9.17) is 27.6 Å². The lowest BCUT2D eigenvalue weighted by molar-refractivity contribution is 0.101. The van der Waals surface area contributed by atoms with E-state index in [0.717, 1.165) is 16.5 Å². The van der Waals surface area contributed by atoms with Crippen LogP contribution in [-0.2, 0) is 0 Å². The Morgan fingerprint density at radius 2 is 1.81 bits per heavy atom. The predicted octanol–water partition coefficient (Wildman–Crippen LogP) is 5.59. The maximum Gasteiger partial charge on any atom is 0.228 e. The van der Waals surface area contributed by atoms with Crippen LogP contribution in [0.3, 0.4) is 0 Å². The Labute approximate surface area is 132 Å². The Hall–Kier alpha value is -1.77. The van der Waals surface area contributed by atoms with Crippen molar-refractivity contribution in [3.05, 3.63) is 68.9 Å². The molecule has 3 rings (SSSR count). The van der Waals surface area contributed by atoms with Crippen LogP contribution in [-0.4, -0.2) is 5.78 Å². The molecule has 0 saturated carbocycles. The number of furan rings is 1. The fraction of sp³-hybridized carbons (Fsp3) is 0.118. The Kier molecular flexibility index (Phi) is 3.52. The quantitative estimate of drug-likeness (QED) is 0.577. The lowest BCUT2D eigenvalue weighted by Gasteiger charge is -2.03. The molecule has 0 radical (unpaired) electrons. The van der Waals surface area contributed by atoms with Crippen LogP contribution in [0.1, 0.15) is 27.2 Å². The number of halogens is 2. The van der Waals surface area contributed by atoms with E-state index in [-0.39, 0.29) is 11.5 Å². The van der Waals surface area contributed by atoms with Gasteiger partial charge in [0.15, 0.2) is 11.3 Å². The Morgan fingerprint density at radius 1 is 1.05 bits per heavy atom. The van der Waals surface area contributed by atoms with Gasteiger partial charge in [0.05, 0.1) is 5.02 Å². The van der Waals surface area contributed by atoms with Crippen molar-refractivity contribution in [2.45, 2.75) is 13.8 Å². The zero-order valence-corrected chi connectivity index (χ0v) is 13.0. The number of benzene rings is 2. The summed E-state index contributed by atoms with van der Waals surface area (Å²) in [5.41, 5.74) is 3.14. The molecule has 0 aliphatic carbocycles.